The fourth-order valence-corrected chi connectivity index (χ4v) is 4.04. The van der Waals surface area contributed by atoms with Crippen molar-refractivity contribution >= 4 is 35.0 Å². The zero-order chi connectivity index (χ0) is 16.2. The van der Waals surface area contributed by atoms with Crippen molar-refractivity contribution in [3.8, 4) is 0 Å². The van der Waals surface area contributed by atoms with Crippen molar-refractivity contribution in [2.24, 2.45) is 0 Å². The van der Waals surface area contributed by atoms with Crippen LogP contribution in [0, 0.1) is 0 Å². The van der Waals surface area contributed by atoms with Gasteiger partial charge in [-0.05, 0) is 44.4 Å². The second-order valence-electron chi connectivity index (χ2n) is 5.91. The molecular weight excluding hydrogens is 334 g/mol. The molecule has 126 valence electrons. The first-order chi connectivity index (χ1) is 11.1. The second kappa shape index (κ2) is 7.88. The maximum atomic E-state index is 12.8. The summed E-state index contributed by atoms with van der Waals surface area (Å²) in [6.07, 6.45) is 2.95. The molecule has 0 radical (unpaired) electrons. The number of thioether (sulfide) groups is 1. The van der Waals surface area contributed by atoms with Gasteiger partial charge in [0.25, 0.3) is 5.91 Å². The van der Waals surface area contributed by atoms with Crippen LogP contribution in [0.15, 0.2) is 23.1 Å². The van der Waals surface area contributed by atoms with Gasteiger partial charge in [-0.2, -0.15) is 0 Å². The molecule has 2 atom stereocenters. The molecule has 23 heavy (non-hydrogen) atoms. The number of rotatable bonds is 4. The van der Waals surface area contributed by atoms with Crippen molar-refractivity contribution in [3.05, 3.63) is 23.2 Å². The molecule has 2 heterocycles. The zero-order valence-electron chi connectivity index (χ0n) is 13.3. The van der Waals surface area contributed by atoms with Crippen LogP contribution < -0.4 is 4.90 Å². The van der Waals surface area contributed by atoms with E-state index in [1.54, 1.807) is 16.7 Å². The minimum atomic E-state index is -0.476. The van der Waals surface area contributed by atoms with E-state index < -0.39 is 6.10 Å². The predicted molar refractivity (Wildman–Crippen MR) is 93.5 cm³/mol. The van der Waals surface area contributed by atoms with Crippen molar-refractivity contribution in [1.82, 2.24) is 0 Å². The van der Waals surface area contributed by atoms with Crippen molar-refractivity contribution in [2.75, 3.05) is 30.4 Å². The van der Waals surface area contributed by atoms with Gasteiger partial charge in [0.2, 0.25) is 0 Å². The average Bonchev–Trinajstić information content (AvgIpc) is 2.59. The number of amides is 1. The Bertz CT molecular complexity index is 563. The topological polar surface area (TPSA) is 38.8 Å². The number of hydrogen-bond donors (Lipinski definition) is 0. The Kier molecular flexibility index (Phi) is 5.85. The fourth-order valence-electron chi connectivity index (χ4n) is 2.90. The van der Waals surface area contributed by atoms with Gasteiger partial charge in [0.1, 0.15) is 6.10 Å². The van der Waals surface area contributed by atoms with Gasteiger partial charge >= 0.3 is 0 Å². The van der Waals surface area contributed by atoms with Gasteiger partial charge in [0.05, 0.1) is 18.4 Å². The summed E-state index contributed by atoms with van der Waals surface area (Å²) in [5.41, 5.74) is 0.892. The third-order valence-corrected chi connectivity index (χ3v) is 5.48. The van der Waals surface area contributed by atoms with E-state index in [0.717, 1.165) is 35.8 Å². The number of carbonyl (C=O) groups is 1. The maximum absolute atomic E-state index is 12.8. The molecule has 2 aliphatic rings. The summed E-state index contributed by atoms with van der Waals surface area (Å²) < 4.78 is 11.4. The Hall–Kier alpha value is -0.750. The quantitative estimate of drug-likeness (QED) is 0.824. The molecule has 1 aromatic rings. The van der Waals surface area contributed by atoms with Gasteiger partial charge in [-0.25, -0.2) is 0 Å². The number of ether oxygens (including phenoxy) is 2. The summed E-state index contributed by atoms with van der Waals surface area (Å²) in [5, 5.41) is 0.647. The van der Waals surface area contributed by atoms with Crippen LogP contribution in [0.3, 0.4) is 0 Å². The van der Waals surface area contributed by atoms with Gasteiger partial charge in [-0.3, -0.25) is 4.79 Å². The molecule has 1 saturated heterocycles. The van der Waals surface area contributed by atoms with Crippen LogP contribution in [0.4, 0.5) is 5.69 Å². The molecule has 2 aliphatic heterocycles. The Morgan fingerprint density at radius 3 is 3.17 bits per heavy atom. The molecule has 0 spiro atoms. The Balaban J connectivity index is 1.62. The van der Waals surface area contributed by atoms with E-state index in [1.807, 2.05) is 25.1 Å². The fraction of sp³-hybridized carbons (Fsp3) is 0.588. The number of nitrogens with zero attached hydrogens (tertiary/aromatic N) is 1. The van der Waals surface area contributed by atoms with Crippen molar-refractivity contribution in [3.63, 3.8) is 0 Å². The molecule has 0 saturated carbocycles. The molecule has 2 unspecified atom stereocenters. The first kappa shape index (κ1) is 17.1. The first-order valence-electron chi connectivity index (χ1n) is 8.12. The molecule has 3 rings (SSSR count). The number of carbonyl (C=O) groups excluding carboxylic acids is 1. The highest BCUT2D eigenvalue weighted by atomic mass is 35.5. The number of benzene rings is 1. The Morgan fingerprint density at radius 2 is 2.39 bits per heavy atom. The molecule has 1 aromatic carbocycles. The molecule has 1 amide bonds. The highest BCUT2D eigenvalue weighted by Gasteiger charge is 2.28. The Labute approximate surface area is 146 Å². The highest BCUT2D eigenvalue weighted by Crippen LogP contribution is 2.36. The monoisotopic (exact) mass is 355 g/mol. The van der Waals surface area contributed by atoms with Crippen LogP contribution in [0.1, 0.15) is 26.2 Å². The number of hydrogen-bond acceptors (Lipinski definition) is 4. The zero-order valence-corrected chi connectivity index (χ0v) is 14.9. The Morgan fingerprint density at radius 1 is 1.52 bits per heavy atom. The molecule has 0 aromatic heterocycles. The third kappa shape index (κ3) is 4.21. The molecule has 0 aliphatic carbocycles. The van der Waals surface area contributed by atoms with Crippen LogP contribution in [-0.4, -0.2) is 43.6 Å². The van der Waals surface area contributed by atoms with Crippen molar-refractivity contribution < 1.29 is 14.3 Å². The van der Waals surface area contributed by atoms with Crippen LogP contribution in [-0.2, 0) is 14.3 Å². The molecule has 0 bridgehead atoms. The van der Waals surface area contributed by atoms with Gasteiger partial charge in [0.15, 0.2) is 0 Å². The highest BCUT2D eigenvalue weighted by molar-refractivity contribution is 7.99. The summed E-state index contributed by atoms with van der Waals surface area (Å²) in [7, 11) is 0. The van der Waals surface area contributed by atoms with Crippen LogP contribution >= 0.6 is 23.4 Å². The molecule has 1 fully saturated rings. The summed E-state index contributed by atoms with van der Waals surface area (Å²) >= 11 is 7.85. The second-order valence-corrected chi connectivity index (χ2v) is 7.49. The SMILES string of the molecule is CC(OCC1CCCCO1)C(=O)N1CCSc2ccc(Cl)cc21. The lowest BCUT2D eigenvalue weighted by Gasteiger charge is -2.31. The number of anilines is 1. The van der Waals surface area contributed by atoms with Crippen LogP contribution in [0.25, 0.3) is 0 Å². The summed E-state index contributed by atoms with van der Waals surface area (Å²) in [6.45, 7) is 3.78. The van der Waals surface area contributed by atoms with Crippen LogP contribution in [0.2, 0.25) is 5.02 Å². The maximum Gasteiger partial charge on any atom is 0.255 e. The van der Waals surface area contributed by atoms with E-state index in [1.165, 1.54) is 6.42 Å². The van der Waals surface area contributed by atoms with E-state index in [4.69, 9.17) is 21.1 Å². The number of fused-ring (bicyclic) bond motifs is 1. The van der Waals surface area contributed by atoms with Gasteiger partial charge in [0, 0.05) is 28.8 Å². The van der Waals surface area contributed by atoms with E-state index in [9.17, 15) is 4.79 Å². The van der Waals surface area contributed by atoms with Crippen molar-refractivity contribution in [2.45, 2.75) is 43.3 Å². The standard InChI is InChI=1S/C17H22ClNO3S/c1-12(22-11-14-4-2-3-8-21-14)17(20)19-7-9-23-16-6-5-13(18)10-15(16)19/h5-6,10,12,14H,2-4,7-9,11H2,1H3. The lowest BCUT2D eigenvalue weighted by atomic mass is 10.1. The third-order valence-electron chi connectivity index (χ3n) is 4.20. The predicted octanol–water partition coefficient (Wildman–Crippen LogP) is 3.75. The normalized spacial score (nSPS) is 22.5. The lowest BCUT2D eigenvalue weighted by molar-refractivity contribution is -0.132. The molecule has 4 nitrogen and oxygen atoms in total. The minimum Gasteiger partial charge on any atom is -0.376 e. The largest absolute Gasteiger partial charge is 0.376 e. The lowest BCUT2D eigenvalue weighted by Crippen LogP contribution is -2.43. The summed E-state index contributed by atoms with van der Waals surface area (Å²) in [6, 6.07) is 5.70. The van der Waals surface area contributed by atoms with E-state index in [0.29, 0.717) is 18.2 Å². The summed E-state index contributed by atoms with van der Waals surface area (Å²) in [5.74, 6) is 0.878. The summed E-state index contributed by atoms with van der Waals surface area (Å²) in [4.78, 5) is 15.6. The van der Waals surface area contributed by atoms with E-state index in [-0.39, 0.29) is 12.0 Å². The smallest absolute Gasteiger partial charge is 0.255 e. The molecule has 6 heteroatoms. The average molecular weight is 356 g/mol. The molecule has 0 N–H and O–H groups in total. The number of halogens is 1. The van der Waals surface area contributed by atoms with Crippen molar-refractivity contribution in [1.29, 1.82) is 0 Å². The van der Waals surface area contributed by atoms with Gasteiger partial charge < -0.3 is 14.4 Å². The van der Waals surface area contributed by atoms with Crippen LogP contribution in [0.5, 0.6) is 0 Å². The van der Waals surface area contributed by atoms with Gasteiger partial charge in [-0.1, -0.05) is 11.6 Å². The van der Waals surface area contributed by atoms with Gasteiger partial charge in [-0.15, -0.1) is 11.8 Å². The first-order valence-corrected chi connectivity index (χ1v) is 9.48. The van der Waals surface area contributed by atoms with E-state index >= 15 is 0 Å². The minimum absolute atomic E-state index is 0.00961. The molecular formula is C17H22ClNO3S. The van der Waals surface area contributed by atoms with E-state index in [2.05, 4.69) is 0 Å².